The number of fused-ring (bicyclic) bond motifs is 5. The van der Waals surface area contributed by atoms with Gasteiger partial charge in [0.2, 0.25) is 0 Å². The standard InChI is InChI=1S/C26H41NO/c1-17-4-7-21-24-22(9-12-25(17,21)2)26(3)11-8-18(14-20(26)15-23(24)28)5-6-19-10-13-27-16-19/h18-22,24,27H,1,4-16H2,2-3H3/t18-,19?,20?,21?,22?,24?,25+,26-/m0/s1. The van der Waals surface area contributed by atoms with Crippen LogP contribution in [0.25, 0.3) is 0 Å². The van der Waals surface area contributed by atoms with Crippen LogP contribution in [0, 0.1) is 46.3 Å². The third kappa shape index (κ3) is 2.88. The molecule has 5 unspecified atom stereocenters. The highest BCUT2D eigenvalue weighted by Crippen LogP contribution is 2.66. The van der Waals surface area contributed by atoms with Crippen molar-refractivity contribution in [3.63, 3.8) is 0 Å². The summed E-state index contributed by atoms with van der Waals surface area (Å²) in [6.07, 6.45) is 14.1. The number of rotatable bonds is 3. The van der Waals surface area contributed by atoms with Crippen molar-refractivity contribution < 1.29 is 4.79 Å². The molecule has 1 heterocycles. The topological polar surface area (TPSA) is 29.1 Å². The molecule has 1 aliphatic heterocycles. The van der Waals surface area contributed by atoms with E-state index in [9.17, 15) is 4.79 Å². The first kappa shape index (κ1) is 19.3. The normalized spacial score (nSPS) is 50.9. The van der Waals surface area contributed by atoms with E-state index < -0.39 is 0 Å². The SMILES string of the molecule is C=C1CCC2C3C(=O)CC4C[C@@H](CCC5CCNC5)CC[C@]4(C)C3CC[C@]12C. The quantitative estimate of drug-likeness (QED) is 0.627. The third-order valence-electron chi connectivity index (χ3n) is 10.7. The molecule has 5 aliphatic rings. The van der Waals surface area contributed by atoms with Crippen LogP contribution in [0.3, 0.4) is 0 Å². The van der Waals surface area contributed by atoms with Gasteiger partial charge in [0.25, 0.3) is 0 Å². The molecule has 2 heteroatoms. The fraction of sp³-hybridized carbons (Fsp3) is 0.885. The molecule has 0 radical (unpaired) electrons. The Kier molecular flexibility index (Phi) is 4.81. The Morgan fingerprint density at radius 1 is 1.04 bits per heavy atom. The Morgan fingerprint density at radius 2 is 1.86 bits per heavy atom. The molecular weight excluding hydrogens is 342 g/mol. The summed E-state index contributed by atoms with van der Waals surface area (Å²) >= 11 is 0. The van der Waals surface area contributed by atoms with Gasteiger partial charge in [-0.05, 0) is 111 Å². The summed E-state index contributed by atoms with van der Waals surface area (Å²) in [4.78, 5) is 13.5. The van der Waals surface area contributed by atoms with Crippen molar-refractivity contribution in [2.75, 3.05) is 13.1 Å². The maximum atomic E-state index is 13.5. The lowest BCUT2D eigenvalue weighted by Gasteiger charge is -2.60. The van der Waals surface area contributed by atoms with E-state index in [1.165, 1.54) is 76.5 Å². The van der Waals surface area contributed by atoms with E-state index in [0.717, 1.165) is 24.7 Å². The van der Waals surface area contributed by atoms with E-state index >= 15 is 0 Å². The molecule has 5 fully saturated rings. The number of ketones is 1. The highest BCUT2D eigenvalue weighted by atomic mass is 16.1. The highest BCUT2D eigenvalue weighted by molar-refractivity contribution is 5.83. The van der Waals surface area contributed by atoms with Gasteiger partial charge in [0.15, 0.2) is 0 Å². The molecule has 0 spiro atoms. The molecule has 4 aliphatic carbocycles. The fourth-order valence-electron chi connectivity index (χ4n) is 8.62. The van der Waals surface area contributed by atoms with Gasteiger partial charge in [-0.2, -0.15) is 0 Å². The van der Waals surface area contributed by atoms with Gasteiger partial charge < -0.3 is 5.32 Å². The van der Waals surface area contributed by atoms with Gasteiger partial charge in [0.1, 0.15) is 5.78 Å². The third-order valence-corrected chi connectivity index (χ3v) is 10.7. The van der Waals surface area contributed by atoms with Crippen LogP contribution in [0.5, 0.6) is 0 Å². The second-order valence-corrected chi connectivity index (χ2v) is 11.8. The molecule has 4 saturated carbocycles. The van der Waals surface area contributed by atoms with Crippen LogP contribution in [-0.4, -0.2) is 18.9 Å². The van der Waals surface area contributed by atoms with E-state index in [-0.39, 0.29) is 5.41 Å². The van der Waals surface area contributed by atoms with Gasteiger partial charge in [-0.3, -0.25) is 4.79 Å². The maximum Gasteiger partial charge on any atom is 0.136 e. The van der Waals surface area contributed by atoms with Gasteiger partial charge in [0, 0.05) is 12.3 Å². The molecule has 28 heavy (non-hydrogen) atoms. The Morgan fingerprint density at radius 3 is 2.64 bits per heavy atom. The van der Waals surface area contributed by atoms with Crippen LogP contribution in [0.2, 0.25) is 0 Å². The number of carbonyl (C=O) groups is 1. The predicted octanol–water partition coefficient (Wildman–Crippen LogP) is 5.77. The second-order valence-electron chi connectivity index (χ2n) is 11.8. The van der Waals surface area contributed by atoms with Gasteiger partial charge in [0.05, 0.1) is 0 Å². The molecule has 0 bridgehead atoms. The van der Waals surface area contributed by atoms with Crippen LogP contribution in [0.1, 0.15) is 84.5 Å². The molecule has 5 rings (SSSR count). The van der Waals surface area contributed by atoms with E-state index in [1.54, 1.807) is 0 Å². The second kappa shape index (κ2) is 6.96. The van der Waals surface area contributed by atoms with Gasteiger partial charge in [-0.25, -0.2) is 0 Å². The van der Waals surface area contributed by atoms with E-state index in [2.05, 4.69) is 25.7 Å². The summed E-state index contributed by atoms with van der Waals surface area (Å²) in [6.45, 7) is 11.9. The zero-order valence-electron chi connectivity index (χ0n) is 18.3. The first-order valence-corrected chi connectivity index (χ1v) is 12.3. The zero-order valence-corrected chi connectivity index (χ0v) is 18.3. The molecule has 0 aromatic heterocycles. The lowest BCUT2D eigenvalue weighted by molar-refractivity contribution is -0.154. The minimum atomic E-state index is 0.256. The molecule has 1 N–H and O–H groups in total. The number of Topliss-reactive ketones (excluding diaryl/α,β-unsaturated/α-hetero) is 1. The minimum Gasteiger partial charge on any atom is -0.316 e. The number of hydrogen-bond acceptors (Lipinski definition) is 2. The summed E-state index contributed by atoms with van der Waals surface area (Å²) in [5.74, 6) is 4.69. The summed E-state index contributed by atoms with van der Waals surface area (Å²) in [7, 11) is 0. The summed E-state index contributed by atoms with van der Waals surface area (Å²) < 4.78 is 0. The molecular formula is C26H41NO. The minimum absolute atomic E-state index is 0.256. The lowest BCUT2D eigenvalue weighted by Crippen LogP contribution is -2.56. The molecule has 0 aromatic carbocycles. The Bertz CT molecular complexity index is 649. The molecule has 2 nitrogen and oxygen atoms in total. The highest BCUT2D eigenvalue weighted by Gasteiger charge is 2.61. The van der Waals surface area contributed by atoms with Crippen LogP contribution >= 0.6 is 0 Å². The first-order chi connectivity index (χ1) is 13.4. The van der Waals surface area contributed by atoms with Gasteiger partial charge in [-0.1, -0.05) is 32.4 Å². The van der Waals surface area contributed by atoms with E-state index in [4.69, 9.17) is 0 Å². The van der Waals surface area contributed by atoms with Crippen molar-refractivity contribution >= 4 is 5.78 Å². The molecule has 0 amide bonds. The zero-order chi connectivity index (χ0) is 19.5. The van der Waals surface area contributed by atoms with E-state index in [1.807, 2.05) is 0 Å². The van der Waals surface area contributed by atoms with Crippen molar-refractivity contribution in [2.45, 2.75) is 84.5 Å². The smallest absolute Gasteiger partial charge is 0.136 e. The largest absolute Gasteiger partial charge is 0.316 e. The number of nitrogens with one attached hydrogen (secondary N) is 1. The average Bonchev–Trinajstić information content (AvgIpc) is 3.29. The monoisotopic (exact) mass is 383 g/mol. The van der Waals surface area contributed by atoms with Crippen LogP contribution in [0.15, 0.2) is 12.2 Å². The number of hydrogen-bond donors (Lipinski definition) is 1. The average molecular weight is 384 g/mol. The lowest BCUT2D eigenvalue weighted by atomic mass is 9.44. The van der Waals surface area contributed by atoms with Crippen LogP contribution in [0.4, 0.5) is 0 Å². The molecule has 8 atom stereocenters. The maximum absolute atomic E-state index is 13.5. The predicted molar refractivity (Wildman–Crippen MR) is 115 cm³/mol. The first-order valence-electron chi connectivity index (χ1n) is 12.3. The Labute approximate surface area is 172 Å². The Hall–Kier alpha value is -0.630. The molecule has 156 valence electrons. The van der Waals surface area contributed by atoms with Gasteiger partial charge >= 0.3 is 0 Å². The van der Waals surface area contributed by atoms with Crippen LogP contribution in [-0.2, 0) is 4.79 Å². The number of carbonyl (C=O) groups excluding carboxylic acids is 1. The Balaban J connectivity index is 1.30. The van der Waals surface area contributed by atoms with Crippen molar-refractivity contribution in [2.24, 2.45) is 46.3 Å². The van der Waals surface area contributed by atoms with Crippen molar-refractivity contribution in [1.82, 2.24) is 5.32 Å². The molecule has 0 aromatic rings. The van der Waals surface area contributed by atoms with Crippen molar-refractivity contribution in [1.29, 1.82) is 0 Å². The summed E-state index contributed by atoms with van der Waals surface area (Å²) in [5.41, 5.74) is 2.13. The van der Waals surface area contributed by atoms with E-state index in [0.29, 0.717) is 34.9 Å². The molecule has 1 saturated heterocycles. The summed E-state index contributed by atoms with van der Waals surface area (Å²) in [6, 6.07) is 0. The van der Waals surface area contributed by atoms with Crippen molar-refractivity contribution in [3.8, 4) is 0 Å². The summed E-state index contributed by atoms with van der Waals surface area (Å²) in [5, 5.41) is 3.52. The number of allylic oxidation sites excluding steroid dienone is 1. The van der Waals surface area contributed by atoms with Gasteiger partial charge in [-0.15, -0.1) is 0 Å². The van der Waals surface area contributed by atoms with Crippen LogP contribution < -0.4 is 5.32 Å². The fourth-order valence-corrected chi connectivity index (χ4v) is 8.62. The van der Waals surface area contributed by atoms with Crippen molar-refractivity contribution in [3.05, 3.63) is 12.2 Å².